The molecule has 2 atom stereocenters. The van der Waals surface area contributed by atoms with E-state index in [2.05, 4.69) is 19.2 Å². The van der Waals surface area contributed by atoms with Gasteiger partial charge in [0.1, 0.15) is 5.82 Å². The summed E-state index contributed by atoms with van der Waals surface area (Å²) in [6, 6.07) is 5.06. The van der Waals surface area contributed by atoms with E-state index in [4.69, 9.17) is 11.6 Å². The van der Waals surface area contributed by atoms with Crippen molar-refractivity contribution in [3.8, 4) is 0 Å². The lowest BCUT2D eigenvalue weighted by atomic mass is 9.89. The van der Waals surface area contributed by atoms with Crippen LogP contribution in [0.15, 0.2) is 18.2 Å². The van der Waals surface area contributed by atoms with Gasteiger partial charge in [-0.2, -0.15) is 0 Å². The molecule has 0 aromatic heterocycles. The van der Waals surface area contributed by atoms with Gasteiger partial charge in [-0.1, -0.05) is 31.5 Å². The van der Waals surface area contributed by atoms with Crippen molar-refractivity contribution in [1.29, 1.82) is 0 Å². The largest absolute Gasteiger partial charge is 0.319 e. The van der Waals surface area contributed by atoms with Crippen molar-refractivity contribution in [2.45, 2.75) is 20.3 Å². The molecule has 1 N–H and O–H groups in total. The molecule has 0 aliphatic heterocycles. The van der Waals surface area contributed by atoms with Crippen LogP contribution in [-0.2, 0) is 6.42 Å². The Morgan fingerprint density at radius 3 is 2.56 bits per heavy atom. The van der Waals surface area contributed by atoms with E-state index in [1.54, 1.807) is 6.07 Å². The Morgan fingerprint density at radius 1 is 1.31 bits per heavy atom. The fourth-order valence-electron chi connectivity index (χ4n) is 1.76. The Morgan fingerprint density at radius 2 is 2.00 bits per heavy atom. The highest BCUT2D eigenvalue weighted by Gasteiger charge is 2.12. The van der Waals surface area contributed by atoms with Crippen molar-refractivity contribution >= 4 is 11.6 Å². The zero-order valence-corrected chi connectivity index (χ0v) is 10.8. The van der Waals surface area contributed by atoms with Crippen LogP contribution in [0.3, 0.4) is 0 Å². The molecule has 16 heavy (non-hydrogen) atoms. The van der Waals surface area contributed by atoms with E-state index in [1.807, 2.05) is 13.1 Å². The van der Waals surface area contributed by atoms with E-state index in [0.29, 0.717) is 11.8 Å². The number of halogens is 2. The molecule has 0 heterocycles. The first kappa shape index (κ1) is 13.5. The molecule has 0 spiro atoms. The topological polar surface area (TPSA) is 12.0 Å². The quantitative estimate of drug-likeness (QED) is 0.835. The first-order valence-electron chi connectivity index (χ1n) is 5.63. The van der Waals surface area contributed by atoms with E-state index in [-0.39, 0.29) is 10.8 Å². The molecule has 0 fully saturated rings. The van der Waals surface area contributed by atoms with Crippen LogP contribution in [0.1, 0.15) is 19.4 Å². The summed E-state index contributed by atoms with van der Waals surface area (Å²) in [6.07, 6.45) is 0.886. The van der Waals surface area contributed by atoms with E-state index >= 15 is 0 Å². The Bertz CT molecular complexity index is 341. The van der Waals surface area contributed by atoms with Crippen LogP contribution in [0.4, 0.5) is 4.39 Å². The van der Waals surface area contributed by atoms with Crippen LogP contribution in [0, 0.1) is 17.7 Å². The third kappa shape index (κ3) is 3.76. The first-order chi connectivity index (χ1) is 7.54. The van der Waals surface area contributed by atoms with Crippen molar-refractivity contribution in [2.24, 2.45) is 11.8 Å². The summed E-state index contributed by atoms with van der Waals surface area (Å²) in [7, 11) is 1.95. The summed E-state index contributed by atoms with van der Waals surface area (Å²) in [5.74, 6) is 0.768. The van der Waals surface area contributed by atoms with Crippen LogP contribution in [0.5, 0.6) is 0 Å². The average Bonchev–Trinajstić information content (AvgIpc) is 2.24. The lowest BCUT2D eigenvalue weighted by Gasteiger charge is -2.19. The molecule has 1 rings (SSSR count). The summed E-state index contributed by atoms with van der Waals surface area (Å²) in [5, 5.41) is 3.35. The van der Waals surface area contributed by atoms with Crippen molar-refractivity contribution < 1.29 is 4.39 Å². The molecule has 2 unspecified atom stereocenters. The minimum Gasteiger partial charge on any atom is -0.319 e. The number of rotatable bonds is 5. The van der Waals surface area contributed by atoms with Crippen LogP contribution in [0.25, 0.3) is 0 Å². The van der Waals surface area contributed by atoms with Gasteiger partial charge in [-0.05, 0) is 49.5 Å². The number of benzene rings is 1. The van der Waals surface area contributed by atoms with Crippen LogP contribution in [0.2, 0.25) is 5.02 Å². The average molecular weight is 244 g/mol. The summed E-state index contributed by atoms with van der Waals surface area (Å²) in [6.45, 7) is 5.37. The molecular formula is C13H19ClFN. The summed E-state index contributed by atoms with van der Waals surface area (Å²) in [5.41, 5.74) is 1.01. The van der Waals surface area contributed by atoms with Crippen molar-refractivity contribution in [3.63, 3.8) is 0 Å². The standard InChI is InChI=1S/C13H19ClFN/c1-9(10(2)8-16-3)6-11-4-5-12(14)13(15)7-11/h4-5,7,9-10,16H,6,8H2,1-3H3. The predicted octanol–water partition coefficient (Wildman–Crippen LogP) is 3.51. The highest BCUT2D eigenvalue weighted by atomic mass is 35.5. The Labute approximate surface area is 102 Å². The van der Waals surface area contributed by atoms with Gasteiger partial charge < -0.3 is 5.32 Å². The van der Waals surface area contributed by atoms with Crippen LogP contribution in [-0.4, -0.2) is 13.6 Å². The monoisotopic (exact) mass is 243 g/mol. The molecule has 90 valence electrons. The fraction of sp³-hybridized carbons (Fsp3) is 0.538. The SMILES string of the molecule is CNCC(C)C(C)Cc1ccc(Cl)c(F)c1. The maximum Gasteiger partial charge on any atom is 0.142 e. The van der Waals surface area contributed by atoms with Crippen molar-refractivity contribution in [2.75, 3.05) is 13.6 Å². The van der Waals surface area contributed by atoms with Crippen LogP contribution >= 0.6 is 11.6 Å². The third-order valence-electron chi connectivity index (χ3n) is 3.04. The van der Waals surface area contributed by atoms with Crippen molar-refractivity contribution in [3.05, 3.63) is 34.6 Å². The van der Waals surface area contributed by atoms with Gasteiger partial charge in [0, 0.05) is 0 Å². The summed E-state index contributed by atoms with van der Waals surface area (Å²) in [4.78, 5) is 0. The highest BCUT2D eigenvalue weighted by Crippen LogP contribution is 2.20. The minimum atomic E-state index is -0.326. The molecule has 1 aromatic carbocycles. The minimum absolute atomic E-state index is 0.194. The molecule has 0 aliphatic rings. The molecule has 0 saturated heterocycles. The molecular weight excluding hydrogens is 225 g/mol. The van der Waals surface area contributed by atoms with Gasteiger partial charge in [0.05, 0.1) is 5.02 Å². The fourth-order valence-corrected chi connectivity index (χ4v) is 1.88. The van der Waals surface area contributed by atoms with Gasteiger partial charge in [0.25, 0.3) is 0 Å². The van der Waals surface area contributed by atoms with Gasteiger partial charge >= 0.3 is 0 Å². The molecule has 0 aliphatic carbocycles. The van der Waals surface area contributed by atoms with Crippen LogP contribution < -0.4 is 5.32 Å². The third-order valence-corrected chi connectivity index (χ3v) is 3.35. The Hall–Kier alpha value is -0.600. The lowest BCUT2D eigenvalue weighted by molar-refractivity contribution is 0.374. The molecule has 0 radical (unpaired) electrons. The van der Waals surface area contributed by atoms with E-state index < -0.39 is 0 Å². The summed E-state index contributed by atoms with van der Waals surface area (Å²) < 4.78 is 13.2. The Kier molecular flexibility index (Phi) is 5.23. The second kappa shape index (κ2) is 6.21. The number of nitrogens with one attached hydrogen (secondary N) is 1. The number of hydrogen-bond donors (Lipinski definition) is 1. The van der Waals surface area contributed by atoms with Gasteiger partial charge in [0.15, 0.2) is 0 Å². The van der Waals surface area contributed by atoms with Gasteiger partial charge in [-0.25, -0.2) is 4.39 Å². The molecule has 1 nitrogen and oxygen atoms in total. The van der Waals surface area contributed by atoms with Gasteiger partial charge in [-0.15, -0.1) is 0 Å². The maximum absolute atomic E-state index is 13.2. The lowest BCUT2D eigenvalue weighted by Crippen LogP contribution is -2.23. The van der Waals surface area contributed by atoms with E-state index in [9.17, 15) is 4.39 Å². The van der Waals surface area contributed by atoms with E-state index in [1.165, 1.54) is 6.07 Å². The number of hydrogen-bond acceptors (Lipinski definition) is 1. The first-order valence-corrected chi connectivity index (χ1v) is 6.01. The molecule has 0 amide bonds. The molecule has 3 heteroatoms. The smallest absolute Gasteiger partial charge is 0.142 e. The normalized spacial score (nSPS) is 14.8. The molecule has 0 saturated carbocycles. The zero-order chi connectivity index (χ0) is 12.1. The molecule has 0 bridgehead atoms. The van der Waals surface area contributed by atoms with Gasteiger partial charge in [0.2, 0.25) is 0 Å². The van der Waals surface area contributed by atoms with E-state index in [0.717, 1.165) is 18.5 Å². The Balaban J connectivity index is 2.62. The predicted molar refractivity (Wildman–Crippen MR) is 67.4 cm³/mol. The highest BCUT2D eigenvalue weighted by molar-refractivity contribution is 6.30. The second-order valence-electron chi connectivity index (χ2n) is 4.46. The summed E-state index contributed by atoms with van der Waals surface area (Å²) >= 11 is 5.64. The van der Waals surface area contributed by atoms with Crippen molar-refractivity contribution in [1.82, 2.24) is 5.32 Å². The maximum atomic E-state index is 13.2. The molecule has 1 aromatic rings. The van der Waals surface area contributed by atoms with Gasteiger partial charge in [-0.3, -0.25) is 0 Å². The zero-order valence-electron chi connectivity index (χ0n) is 10.1. The second-order valence-corrected chi connectivity index (χ2v) is 4.87.